The Morgan fingerprint density at radius 2 is 2.22 bits per heavy atom. The van der Waals surface area contributed by atoms with Crippen molar-refractivity contribution in [2.45, 2.75) is 25.7 Å². The highest BCUT2D eigenvalue weighted by Crippen LogP contribution is 2.43. The molecule has 6 nitrogen and oxygen atoms in total. The summed E-state index contributed by atoms with van der Waals surface area (Å²) in [6, 6.07) is 3.76. The summed E-state index contributed by atoms with van der Waals surface area (Å²) in [4.78, 5) is 8.29. The topological polar surface area (TPSA) is 67.8 Å². The number of hydrogen-bond acceptors (Lipinski definition) is 4. The Morgan fingerprint density at radius 1 is 1.35 bits per heavy atom. The molecule has 0 atom stereocenters. The summed E-state index contributed by atoms with van der Waals surface area (Å²) in [6.45, 7) is 3.03. The molecule has 0 unspecified atom stereocenters. The van der Waals surface area contributed by atoms with E-state index in [4.69, 9.17) is 9.47 Å². The summed E-state index contributed by atoms with van der Waals surface area (Å²) in [5.74, 6) is 1.61. The SMILES string of the molecule is CN=C(NCCOc1cccnc1)NCC1(CCOC)CCC1. The summed E-state index contributed by atoms with van der Waals surface area (Å²) in [5, 5.41) is 6.71. The summed E-state index contributed by atoms with van der Waals surface area (Å²) in [5.41, 5.74) is 0.375. The molecule has 0 aliphatic heterocycles. The maximum absolute atomic E-state index is 5.61. The van der Waals surface area contributed by atoms with Gasteiger partial charge in [-0.15, -0.1) is 0 Å². The molecule has 23 heavy (non-hydrogen) atoms. The van der Waals surface area contributed by atoms with E-state index in [-0.39, 0.29) is 0 Å². The first-order chi connectivity index (χ1) is 11.3. The van der Waals surface area contributed by atoms with E-state index in [2.05, 4.69) is 20.6 Å². The number of pyridine rings is 1. The first kappa shape index (κ1) is 17.5. The lowest BCUT2D eigenvalue weighted by Crippen LogP contribution is -2.47. The molecule has 128 valence electrons. The van der Waals surface area contributed by atoms with Crippen LogP contribution in [-0.4, -0.2) is 51.4 Å². The molecule has 1 fully saturated rings. The molecule has 0 amide bonds. The molecule has 6 heteroatoms. The number of aromatic nitrogens is 1. The number of nitrogens with one attached hydrogen (secondary N) is 2. The van der Waals surface area contributed by atoms with Gasteiger partial charge in [0, 0.05) is 33.5 Å². The highest BCUT2D eigenvalue weighted by molar-refractivity contribution is 5.79. The van der Waals surface area contributed by atoms with Gasteiger partial charge in [-0.3, -0.25) is 9.98 Å². The quantitative estimate of drug-likeness (QED) is 0.413. The van der Waals surface area contributed by atoms with E-state index in [1.54, 1.807) is 26.6 Å². The molecule has 0 aromatic carbocycles. The fourth-order valence-electron chi connectivity index (χ4n) is 2.77. The normalized spacial score (nSPS) is 16.5. The minimum Gasteiger partial charge on any atom is -0.490 e. The zero-order valence-corrected chi connectivity index (χ0v) is 14.2. The van der Waals surface area contributed by atoms with Gasteiger partial charge < -0.3 is 20.1 Å². The van der Waals surface area contributed by atoms with E-state index in [1.807, 2.05) is 12.1 Å². The minimum atomic E-state index is 0.375. The van der Waals surface area contributed by atoms with Crippen molar-refractivity contribution in [1.29, 1.82) is 0 Å². The molecular weight excluding hydrogens is 292 g/mol. The molecule has 2 rings (SSSR count). The van der Waals surface area contributed by atoms with E-state index < -0.39 is 0 Å². The van der Waals surface area contributed by atoms with Gasteiger partial charge in [-0.25, -0.2) is 0 Å². The van der Waals surface area contributed by atoms with Crippen molar-refractivity contribution in [3.63, 3.8) is 0 Å². The highest BCUT2D eigenvalue weighted by Gasteiger charge is 2.36. The van der Waals surface area contributed by atoms with Crippen LogP contribution in [0.4, 0.5) is 0 Å². The lowest BCUT2D eigenvalue weighted by molar-refractivity contribution is 0.0732. The number of guanidine groups is 1. The van der Waals surface area contributed by atoms with Crippen LogP contribution in [0.25, 0.3) is 0 Å². The average Bonchev–Trinajstić information content (AvgIpc) is 2.56. The molecule has 1 aliphatic rings. The molecule has 1 heterocycles. The Balaban J connectivity index is 1.65. The Morgan fingerprint density at radius 3 is 2.83 bits per heavy atom. The summed E-state index contributed by atoms with van der Waals surface area (Å²) >= 11 is 0. The zero-order valence-electron chi connectivity index (χ0n) is 14.2. The van der Waals surface area contributed by atoms with Crippen molar-refractivity contribution in [1.82, 2.24) is 15.6 Å². The predicted octanol–water partition coefficient (Wildman–Crippen LogP) is 1.83. The van der Waals surface area contributed by atoms with Crippen molar-refractivity contribution in [3.8, 4) is 5.75 Å². The highest BCUT2D eigenvalue weighted by atomic mass is 16.5. The Labute approximate surface area is 138 Å². The molecule has 0 radical (unpaired) electrons. The van der Waals surface area contributed by atoms with Crippen LogP contribution < -0.4 is 15.4 Å². The molecule has 0 bridgehead atoms. The van der Waals surface area contributed by atoms with Gasteiger partial charge >= 0.3 is 0 Å². The van der Waals surface area contributed by atoms with Crippen LogP contribution in [0.5, 0.6) is 5.75 Å². The number of aliphatic imine (C=N–C) groups is 1. The van der Waals surface area contributed by atoms with Crippen molar-refractivity contribution in [2.75, 3.05) is 40.5 Å². The van der Waals surface area contributed by atoms with E-state index in [1.165, 1.54) is 19.3 Å². The Kier molecular flexibility index (Phi) is 7.13. The van der Waals surface area contributed by atoms with Crippen molar-refractivity contribution in [2.24, 2.45) is 10.4 Å². The number of rotatable bonds is 9. The number of hydrogen-bond donors (Lipinski definition) is 2. The standard InChI is InChI=1S/C17H28N4O2/c1-18-16(20-10-12-23-15-5-3-9-19-13-15)21-14-17(6-4-7-17)8-11-22-2/h3,5,9,13H,4,6-8,10-12,14H2,1-2H3,(H2,18,20,21). The zero-order chi connectivity index (χ0) is 16.4. The molecule has 1 aromatic heterocycles. The molecular formula is C17H28N4O2. The van der Waals surface area contributed by atoms with Crippen molar-refractivity contribution >= 4 is 5.96 Å². The maximum Gasteiger partial charge on any atom is 0.191 e. The molecule has 1 saturated carbocycles. The van der Waals surface area contributed by atoms with Crippen molar-refractivity contribution < 1.29 is 9.47 Å². The van der Waals surface area contributed by atoms with Crippen LogP contribution in [0.3, 0.4) is 0 Å². The number of nitrogens with zero attached hydrogens (tertiary/aromatic N) is 2. The molecule has 1 aliphatic carbocycles. The van der Waals surface area contributed by atoms with Gasteiger partial charge in [0.25, 0.3) is 0 Å². The van der Waals surface area contributed by atoms with Gasteiger partial charge in [-0.05, 0) is 36.8 Å². The summed E-state index contributed by atoms with van der Waals surface area (Å²) in [7, 11) is 3.56. The fraction of sp³-hybridized carbons (Fsp3) is 0.647. The van der Waals surface area contributed by atoms with E-state index in [9.17, 15) is 0 Å². The lowest BCUT2D eigenvalue weighted by Gasteiger charge is -2.42. The van der Waals surface area contributed by atoms with Gasteiger partial charge in [-0.2, -0.15) is 0 Å². The van der Waals surface area contributed by atoms with Crippen LogP contribution in [-0.2, 0) is 4.74 Å². The Bertz CT molecular complexity index is 475. The molecule has 0 saturated heterocycles. The molecule has 1 aromatic rings. The predicted molar refractivity (Wildman–Crippen MR) is 91.9 cm³/mol. The van der Waals surface area contributed by atoms with Gasteiger partial charge in [0.15, 0.2) is 5.96 Å². The van der Waals surface area contributed by atoms with E-state index >= 15 is 0 Å². The van der Waals surface area contributed by atoms with Gasteiger partial charge in [0.2, 0.25) is 0 Å². The summed E-state index contributed by atoms with van der Waals surface area (Å²) in [6.07, 6.45) is 8.41. The van der Waals surface area contributed by atoms with Gasteiger partial charge in [-0.1, -0.05) is 6.42 Å². The van der Waals surface area contributed by atoms with Crippen LogP contribution in [0.2, 0.25) is 0 Å². The Hall–Kier alpha value is -1.82. The maximum atomic E-state index is 5.61. The van der Waals surface area contributed by atoms with Crippen LogP contribution in [0, 0.1) is 5.41 Å². The fourth-order valence-corrected chi connectivity index (χ4v) is 2.77. The van der Waals surface area contributed by atoms with Crippen LogP contribution >= 0.6 is 0 Å². The third-order valence-electron chi connectivity index (χ3n) is 4.40. The average molecular weight is 320 g/mol. The lowest BCUT2D eigenvalue weighted by atomic mass is 9.67. The first-order valence-electron chi connectivity index (χ1n) is 8.24. The number of methoxy groups -OCH3 is 1. The smallest absolute Gasteiger partial charge is 0.191 e. The van der Waals surface area contributed by atoms with Gasteiger partial charge in [0.1, 0.15) is 12.4 Å². The second-order valence-corrected chi connectivity index (χ2v) is 5.99. The third-order valence-corrected chi connectivity index (χ3v) is 4.40. The van der Waals surface area contributed by atoms with Gasteiger partial charge in [0.05, 0.1) is 12.7 Å². The second kappa shape index (κ2) is 9.35. The second-order valence-electron chi connectivity index (χ2n) is 5.99. The van der Waals surface area contributed by atoms with Crippen molar-refractivity contribution in [3.05, 3.63) is 24.5 Å². The first-order valence-corrected chi connectivity index (χ1v) is 8.24. The van der Waals surface area contributed by atoms with Crippen LogP contribution in [0.15, 0.2) is 29.5 Å². The molecule has 2 N–H and O–H groups in total. The monoisotopic (exact) mass is 320 g/mol. The number of ether oxygens (including phenoxy) is 2. The van der Waals surface area contributed by atoms with E-state index in [0.29, 0.717) is 18.6 Å². The minimum absolute atomic E-state index is 0.375. The molecule has 0 spiro atoms. The largest absolute Gasteiger partial charge is 0.490 e. The third kappa shape index (κ3) is 5.71. The summed E-state index contributed by atoms with van der Waals surface area (Å²) < 4.78 is 10.8. The van der Waals surface area contributed by atoms with E-state index in [0.717, 1.165) is 31.3 Å². The van der Waals surface area contributed by atoms with Crippen LogP contribution in [0.1, 0.15) is 25.7 Å².